The third-order valence-corrected chi connectivity index (χ3v) is 6.26. The first-order chi connectivity index (χ1) is 14.1. The van der Waals surface area contributed by atoms with E-state index in [4.69, 9.17) is 0 Å². The monoisotopic (exact) mass is 423 g/mol. The fraction of sp³-hybridized carbons (Fsp3) is 0.136. The van der Waals surface area contributed by atoms with Gasteiger partial charge in [-0.3, -0.25) is 14.7 Å². The Morgan fingerprint density at radius 3 is 2.55 bits per heavy atom. The van der Waals surface area contributed by atoms with E-state index in [1.165, 1.54) is 23.5 Å². The molecule has 2 aromatic heterocycles. The summed E-state index contributed by atoms with van der Waals surface area (Å²) in [6.07, 6.45) is 5.69. The van der Waals surface area contributed by atoms with Gasteiger partial charge in [0.2, 0.25) is 5.91 Å². The Morgan fingerprint density at radius 2 is 1.83 bits per heavy atom. The smallest absolute Gasteiger partial charge is 0.233 e. The zero-order valence-electron chi connectivity index (χ0n) is 15.7. The number of hydrogen-bond acceptors (Lipinski definition) is 5. The molecule has 146 valence electrons. The molecule has 2 heterocycles. The summed E-state index contributed by atoms with van der Waals surface area (Å²) in [7, 11) is 0. The number of amides is 1. The number of thiazole rings is 1. The Balaban J connectivity index is 1.65. The summed E-state index contributed by atoms with van der Waals surface area (Å²) >= 11 is 2.98. The van der Waals surface area contributed by atoms with E-state index in [2.05, 4.69) is 9.97 Å². The van der Waals surface area contributed by atoms with Crippen LogP contribution in [0, 0.1) is 5.82 Å². The van der Waals surface area contributed by atoms with Crippen LogP contribution in [0.15, 0.2) is 71.9 Å². The number of hydrogen-bond donors (Lipinski definition) is 0. The molecule has 1 amide bonds. The van der Waals surface area contributed by atoms with E-state index in [1.54, 1.807) is 35.1 Å². The van der Waals surface area contributed by atoms with Crippen LogP contribution in [-0.4, -0.2) is 22.1 Å². The molecular formula is C22H18FN3OS2. The lowest BCUT2D eigenvalue weighted by Crippen LogP contribution is -2.31. The summed E-state index contributed by atoms with van der Waals surface area (Å²) < 4.78 is 14.3. The van der Waals surface area contributed by atoms with Gasteiger partial charge in [0.25, 0.3) is 0 Å². The van der Waals surface area contributed by atoms with Gasteiger partial charge in [-0.1, -0.05) is 23.5 Å². The van der Waals surface area contributed by atoms with Crippen LogP contribution in [0.3, 0.4) is 0 Å². The minimum absolute atomic E-state index is 0.0572. The Hall–Kier alpha value is -2.77. The van der Waals surface area contributed by atoms with Gasteiger partial charge in [0.1, 0.15) is 5.82 Å². The van der Waals surface area contributed by atoms with E-state index in [-0.39, 0.29) is 18.1 Å². The number of pyridine rings is 1. The number of anilines is 1. The van der Waals surface area contributed by atoms with Gasteiger partial charge in [-0.25, -0.2) is 9.37 Å². The van der Waals surface area contributed by atoms with Crippen LogP contribution >= 0.6 is 23.1 Å². The van der Waals surface area contributed by atoms with E-state index in [1.807, 2.05) is 42.7 Å². The molecule has 0 aliphatic carbocycles. The molecule has 29 heavy (non-hydrogen) atoms. The van der Waals surface area contributed by atoms with Crippen molar-refractivity contribution in [2.75, 3.05) is 11.2 Å². The molecule has 0 saturated heterocycles. The summed E-state index contributed by atoms with van der Waals surface area (Å²) in [6, 6.07) is 16.2. The van der Waals surface area contributed by atoms with E-state index < -0.39 is 0 Å². The van der Waals surface area contributed by atoms with Crippen molar-refractivity contribution in [1.29, 1.82) is 0 Å². The molecule has 0 unspecified atom stereocenters. The molecule has 0 fully saturated rings. The van der Waals surface area contributed by atoms with Crippen LogP contribution < -0.4 is 4.90 Å². The van der Waals surface area contributed by atoms with E-state index in [9.17, 15) is 9.18 Å². The molecule has 0 saturated carbocycles. The predicted octanol–water partition coefficient (Wildman–Crippen LogP) is 5.33. The lowest BCUT2D eigenvalue weighted by atomic mass is 10.1. The molecule has 0 aliphatic heterocycles. The maximum atomic E-state index is 13.6. The van der Waals surface area contributed by atoms with Crippen LogP contribution in [0.1, 0.15) is 11.1 Å². The maximum absolute atomic E-state index is 13.6. The maximum Gasteiger partial charge on any atom is 0.233 e. The van der Waals surface area contributed by atoms with E-state index >= 15 is 0 Å². The summed E-state index contributed by atoms with van der Waals surface area (Å²) in [5, 5.41) is 0.563. The number of fused-ring (bicyclic) bond motifs is 1. The highest BCUT2D eigenvalue weighted by Gasteiger charge is 2.21. The van der Waals surface area contributed by atoms with Crippen LogP contribution in [0.4, 0.5) is 9.52 Å². The van der Waals surface area contributed by atoms with Gasteiger partial charge in [0, 0.05) is 17.3 Å². The van der Waals surface area contributed by atoms with Crippen molar-refractivity contribution >= 4 is 44.4 Å². The summed E-state index contributed by atoms with van der Waals surface area (Å²) in [6.45, 7) is 0.382. The zero-order chi connectivity index (χ0) is 20.2. The van der Waals surface area contributed by atoms with Crippen molar-refractivity contribution in [2.45, 2.75) is 17.9 Å². The van der Waals surface area contributed by atoms with Crippen molar-refractivity contribution in [1.82, 2.24) is 9.97 Å². The second kappa shape index (κ2) is 8.71. The molecule has 0 bridgehead atoms. The fourth-order valence-corrected chi connectivity index (χ4v) is 4.36. The largest absolute Gasteiger partial charge is 0.283 e. The van der Waals surface area contributed by atoms with Gasteiger partial charge in [-0.15, -0.1) is 11.8 Å². The highest BCUT2D eigenvalue weighted by molar-refractivity contribution is 7.98. The number of carbonyl (C=O) groups excluding carboxylic acids is 1. The third-order valence-electron chi connectivity index (χ3n) is 4.48. The van der Waals surface area contributed by atoms with Crippen LogP contribution in [0.5, 0.6) is 0 Å². The minimum atomic E-state index is -0.311. The lowest BCUT2D eigenvalue weighted by molar-refractivity contribution is -0.118. The van der Waals surface area contributed by atoms with Gasteiger partial charge in [-0.2, -0.15) is 0 Å². The molecular weight excluding hydrogens is 405 g/mol. The Labute approximate surface area is 176 Å². The Kier molecular flexibility index (Phi) is 5.87. The number of aromatic nitrogens is 2. The van der Waals surface area contributed by atoms with E-state index in [0.29, 0.717) is 17.2 Å². The predicted molar refractivity (Wildman–Crippen MR) is 117 cm³/mol. The van der Waals surface area contributed by atoms with Crippen LogP contribution in [-0.2, 0) is 17.8 Å². The topological polar surface area (TPSA) is 46.1 Å². The van der Waals surface area contributed by atoms with Crippen molar-refractivity contribution < 1.29 is 9.18 Å². The number of nitrogens with zero attached hydrogens (tertiary/aromatic N) is 3. The molecule has 7 heteroatoms. The zero-order valence-corrected chi connectivity index (χ0v) is 17.3. The number of rotatable bonds is 6. The first kappa shape index (κ1) is 19.5. The summed E-state index contributed by atoms with van der Waals surface area (Å²) in [4.78, 5) is 24.7. The minimum Gasteiger partial charge on any atom is -0.283 e. The van der Waals surface area contributed by atoms with Gasteiger partial charge in [-0.05, 0) is 59.8 Å². The first-order valence-electron chi connectivity index (χ1n) is 9.00. The normalized spacial score (nSPS) is 11.0. The van der Waals surface area contributed by atoms with Crippen molar-refractivity contribution in [3.05, 3.63) is 83.9 Å². The number of thioether (sulfide) groups is 1. The molecule has 4 nitrogen and oxygen atoms in total. The van der Waals surface area contributed by atoms with Crippen LogP contribution in [0.2, 0.25) is 0 Å². The third kappa shape index (κ3) is 4.63. The summed E-state index contributed by atoms with van der Waals surface area (Å²) in [5.41, 5.74) is 2.58. The highest BCUT2D eigenvalue weighted by atomic mass is 32.2. The second-order valence-corrected chi connectivity index (χ2v) is 8.36. The molecule has 0 radical (unpaired) electrons. The number of carbonyl (C=O) groups is 1. The van der Waals surface area contributed by atoms with Crippen LogP contribution in [0.25, 0.3) is 10.2 Å². The molecule has 0 aliphatic rings. The van der Waals surface area contributed by atoms with Gasteiger partial charge < -0.3 is 0 Å². The highest BCUT2D eigenvalue weighted by Crippen LogP contribution is 2.31. The van der Waals surface area contributed by atoms with Gasteiger partial charge in [0.05, 0.1) is 23.2 Å². The average molecular weight is 424 g/mol. The van der Waals surface area contributed by atoms with Crippen molar-refractivity contribution in [3.8, 4) is 0 Å². The average Bonchev–Trinajstić information content (AvgIpc) is 3.16. The Bertz CT molecular complexity index is 1130. The summed E-state index contributed by atoms with van der Waals surface area (Å²) in [5.74, 6) is -0.369. The molecule has 0 spiro atoms. The van der Waals surface area contributed by atoms with Crippen molar-refractivity contribution in [2.24, 2.45) is 0 Å². The molecule has 0 N–H and O–H groups in total. The lowest BCUT2D eigenvalue weighted by Gasteiger charge is -2.20. The fourth-order valence-electron chi connectivity index (χ4n) is 2.95. The molecule has 4 rings (SSSR count). The first-order valence-corrected chi connectivity index (χ1v) is 11.0. The molecule has 2 aromatic carbocycles. The Morgan fingerprint density at radius 1 is 1.07 bits per heavy atom. The molecule has 4 aromatic rings. The number of halogens is 1. The van der Waals surface area contributed by atoms with E-state index in [0.717, 1.165) is 20.7 Å². The van der Waals surface area contributed by atoms with Crippen molar-refractivity contribution in [3.63, 3.8) is 0 Å². The SMILES string of the molecule is CSc1ccc(CC(=O)N(Cc2ccncc2)c2nc3ccc(F)cc3s2)cc1. The standard InChI is InChI=1S/C22H18FN3OS2/c1-28-18-5-2-15(3-6-18)12-21(27)26(14-16-8-10-24-11-9-16)22-25-19-7-4-17(23)13-20(19)29-22/h2-11,13H,12,14H2,1H3. The number of benzene rings is 2. The van der Waals surface area contributed by atoms with Gasteiger partial charge >= 0.3 is 0 Å². The molecule has 0 atom stereocenters. The quantitative estimate of drug-likeness (QED) is 0.393. The second-order valence-electron chi connectivity index (χ2n) is 6.47. The van der Waals surface area contributed by atoms with Gasteiger partial charge in [0.15, 0.2) is 5.13 Å².